The Labute approximate surface area is 101 Å². The molecule has 0 aromatic heterocycles. The lowest BCUT2D eigenvalue weighted by Crippen LogP contribution is -2.35. The van der Waals surface area contributed by atoms with Gasteiger partial charge in [-0.2, -0.15) is 5.26 Å². The summed E-state index contributed by atoms with van der Waals surface area (Å²) in [4.78, 5) is 13.1. The largest absolute Gasteiger partial charge is 0.445 e. The van der Waals surface area contributed by atoms with Gasteiger partial charge in [0.2, 0.25) is 0 Å². The van der Waals surface area contributed by atoms with Gasteiger partial charge in [-0.3, -0.25) is 0 Å². The van der Waals surface area contributed by atoms with E-state index in [0.717, 1.165) is 5.56 Å². The van der Waals surface area contributed by atoms with Gasteiger partial charge in [0.15, 0.2) is 0 Å². The molecule has 0 aliphatic heterocycles. The highest BCUT2D eigenvalue weighted by atomic mass is 16.6. The lowest BCUT2D eigenvalue weighted by molar-refractivity contribution is 0.0941. The van der Waals surface area contributed by atoms with Gasteiger partial charge in [-0.1, -0.05) is 30.3 Å². The molecule has 0 radical (unpaired) electrons. The van der Waals surface area contributed by atoms with E-state index in [-0.39, 0.29) is 12.6 Å². The lowest BCUT2D eigenvalue weighted by Gasteiger charge is -2.22. The smallest absolute Gasteiger partial charge is 0.410 e. The number of rotatable bonds is 4. The number of benzene rings is 1. The Kier molecular flexibility index (Phi) is 5.02. The van der Waals surface area contributed by atoms with Crippen molar-refractivity contribution in [2.45, 2.75) is 26.0 Å². The van der Waals surface area contributed by atoms with E-state index in [0.29, 0.717) is 6.42 Å². The Hall–Kier alpha value is -2.02. The fourth-order valence-corrected chi connectivity index (χ4v) is 1.27. The first-order chi connectivity index (χ1) is 8.15. The van der Waals surface area contributed by atoms with Crippen molar-refractivity contribution in [3.63, 3.8) is 0 Å². The summed E-state index contributed by atoms with van der Waals surface area (Å²) in [6.07, 6.45) is -0.103. The second-order valence-electron chi connectivity index (χ2n) is 3.86. The minimum Gasteiger partial charge on any atom is -0.445 e. The van der Waals surface area contributed by atoms with Crippen LogP contribution in [0, 0.1) is 11.3 Å². The van der Waals surface area contributed by atoms with E-state index in [1.165, 1.54) is 4.90 Å². The maximum atomic E-state index is 11.6. The van der Waals surface area contributed by atoms with E-state index in [9.17, 15) is 4.79 Å². The molecule has 0 N–H and O–H groups in total. The molecular formula is C13H16N2O2. The van der Waals surface area contributed by atoms with Crippen LogP contribution in [0.2, 0.25) is 0 Å². The van der Waals surface area contributed by atoms with Gasteiger partial charge in [-0.25, -0.2) is 4.79 Å². The van der Waals surface area contributed by atoms with Crippen LogP contribution in [0.25, 0.3) is 0 Å². The van der Waals surface area contributed by atoms with E-state index in [4.69, 9.17) is 10.00 Å². The van der Waals surface area contributed by atoms with Gasteiger partial charge in [0.25, 0.3) is 0 Å². The molecule has 1 atom stereocenters. The minimum absolute atomic E-state index is 0.136. The summed E-state index contributed by atoms with van der Waals surface area (Å²) < 4.78 is 5.13. The van der Waals surface area contributed by atoms with Gasteiger partial charge in [-0.05, 0) is 12.5 Å². The van der Waals surface area contributed by atoms with Crippen LogP contribution in [0.5, 0.6) is 0 Å². The van der Waals surface area contributed by atoms with Gasteiger partial charge in [0.1, 0.15) is 6.61 Å². The lowest BCUT2D eigenvalue weighted by atomic mass is 10.2. The molecule has 0 saturated heterocycles. The predicted octanol–water partition coefficient (Wildman–Crippen LogP) is 2.56. The van der Waals surface area contributed by atoms with E-state index >= 15 is 0 Å². The van der Waals surface area contributed by atoms with Crippen molar-refractivity contribution in [3.05, 3.63) is 35.9 Å². The highest BCUT2D eigenvalue weighted by Gasteiger charge is 2.16. The number of carbonyl (C=O) groups is 1. The van der Waals surface area contributed by atoms with Gasteiger partial charge >= 0.3 is 6.09 Å². The SMILES string of the molecule is CC(CC#N)N(C)C(=O)OCc1ccccc1. The van der Waals surface area contributed by atoms with Gasteiger partial charge in [0, 0.05) is 13.1 Å². The topological polar surface area (TPSA) is 53.3 Å². The molecule has 0 bridgehead atoms. The van der Waals surface area contributed by atoms with Crippen molar-refractivity contribution in [2.75, 3.05) is 7.05 Å². The second kappa shape index (κ2) is 6.54. The summed E-state index contributed by atoms with van der Waals surface area (Å²) in [6.45, 7) is 2.07. The van der Waals surface area contributed by atoms with Crippen molar-refractivity contribution < 1.29 is 9.53 Å². The van der Waals surface area contributed by atoms with Crippen molar-refractivity contribution in [1.82, 2.24) is 4.90 Å². The molecule has 0 aliphatic rings. The molecular weight excluding hydrogens is 216 g/mol. The first-order valence-electron chi connectivity index (χ1n) is 5.45. The summed E-state index contributed by atoms with van der Waals surface area (Å²) in [6, 6.07) is 11.4. The summed E-state index contributed by atoms with van der Waals surface area (Å²) in [5.74, 6) is 0. The summed E-state index contributed by atoms with van der Waals surface area (Å²) in [5, 5.41) is 8.55. The maximum Gasteiger partial charge on any atom is 0.410 e. The van der Waals surface area contributed by atoms with Crippen LogP contribution in [0.3, 0.4) is 0 Å². The minimum atomic E-state index is -0.406. The Morgan fingerprint density at radius 3 is 2.71 bits per heavy atom. The third-order valence-corrected chi connectivity index (χ3v) is 2.54. The third kappa shape index (κ3) is 4.15. The number of hydrogen-bond donors (Lipinski definition) is 0. The monoisotopic (exact) mass is 232 g/mol. The third-order valence-electron chi connectivity index (χ3n) is 2.54. The van der Waals surface area contributed by atoms with Gasteiger partial charge < -0.3 is 9.64 Å². The zero-order valence-corrected chi connectivity index (χ0v) is 10.1. The van der Waals surface area contributed by atoms with Crippen LogP contribution in [0.1, 0.15) is 18.9 Å². The van der Waals surface area contributed by atoms with Crippen LogP contribution in [0.4, 0.5) is 4.79 Å². The summed E-state index contributed by atoms with van der Waals surface area (Å²) in [7, 11) is 1.63. The van der Waals surface area contributed by atoms with Crippen molar-refractivity contribution in [1.29, 1.82) is 5.26 Å². The number of amides is 1. The van der Waals surface area contributed by atoms with Crippen LogP contribution in [0.15, 0.2) is 30.3 Å². The van der Waals surface area contributed by atoms with Crippen LogP contribution < -0.4 is 0 Å². The molecule has 1 aromatic rings. The Balaban J connectivity index is 2.42. The molecule has 0 heterocycles. The highest BCUT2D eigenvalue weighted by molar-refractivity contribution is 5.67. The van der Waals surface area contributed by atoms with Crippen molar-refractivity contribution >= 4 is 6.09 Å². The molecule has 0 saturated carbocycles. The standard InChI is InChI=1S/C13H16N2O2/c1-11(8-9-14)15(2)13(16)17-10-12-6-4-3-5-7-12/h3-7,11H,8,10H2,1-2H3. The molecule has 1 rings (SSSR count). The molecule has 1 unspecified atom stereocenters. The molecule has 0 spiro atoms. The second-order valence-corrected chi connectivity index (χ2v) is 3.86. The first-order valence-corrected chi connectivity index (χ1v) is 5.45. The van der Waals surface area contributed by atoms with Gasteiger partial charge in [0.05, 0.1) is 12.5 Å². The normalized spacial score (nSPS) is 11.4. The predicted molar refractivity (Wildman–Crippen MR) is 64.1 cm³/mol. The van der Waals surface area contributed by atoms with Crippen molar-refractivity contribution in [2.24, 2.45) is 0 Å². The number of hydrogen-bond acceptors (Lipinski definition) is 3. The molecule has 0 aliphatic carbocycles. The number of carbonyl (C=O) groups excluding carboxylic acids is 1. The zero-order chi connectivity index (χ0) is 12.7. The van der Waals surface area contributed by atoms with Gasteiger partial charge in [-0.15, -0.1) is 0 Å². The van der Waals surface area contributed by atoms with Crippen molar-refractivity contribution in [3.8, 4) is 6.07 Å². The summed E-state index contributed by atoms with van der Waals surface area (Å²) >= 11 is 0. The molecule has 1 amide bonds. The van der Waals surface area contributed by atoms with E-state index in [1.54, 1.807) is 7.05 Å². The zero-order valence-electron chi connectivity index (χ0n) is 10.1. The number of ether oxygens (including phenoxy) is 1. The van der Waals surface area contributed by atoms with Crippen LogP contribution >= 0.6 is 0 Å². The van der Waals surface area contributed by atoms with E-state index in [1.807, 2.05) is 43.3 Å². The number of nitriles is 1. The maximum absolute atomic E-state index is 11.6. The quantitative estimate of drug-likeness (QED) is 0.801. The Morgan fingerprint density at radius 1 is 1.47 bits per heavy atom. The molecule has 0 fully saturated rings. The first kappa shape index (κ1) is 13.0. The molecule has 90 valence electrons. The Bertz CT molecular complexity index is 398. The number of nitrogens with zero attached hydrogens (tertiary/aromatic N) is 2. The van der Waals surface area contributed by atoms with Crippen LogP contribution in [-0.2, 0) is 11.3 Å². The fourth-order valence-electron chi connectivity index (χ4n) is 1.27. The molecule has 4 heteroatoms. The molecule has 1 aromatic carbocycles. The van der Waals surface area contributed by atoms with E-state index < -0.39 is 6.09 Å². The molecule has 4 nitrogen and oxygen atoms in total. The van der Waals surface area contributed by atoms with Crippen LogP contribution in [-0.4, -0.2) is 24.1 Å². The molecule has 17 heavy (non-hydrogen) atoms. The highest BCUT2D eigenvalue weighted by Crippen LogP contribution is 2.06. The van der Waals surface area contributed by atoms with E-state index in [2.05, 4.69) is 0 Å². The Morgan fingerprint density at radius 2 is 2.12 bits per heavy atom. The summed E-state index contributed by atoms with van der Waals surface area (Å²) in [5.41, 5.74) is 0.946. The average Bonchev–Trinajstić information content (AvgIpc) is 2.36. The fraction of sp³-hybridized carbons (Fsp3) is 0.385. The average molecular weight is 232 g/mol.